The Morgan fingerprint density at radius 1 is 1.00 bits per heavy atom. The van der Waals surface area contributed by atoms with Gasteiger partial charge in [-0.15, -0.1) is 0 Å². The van der Waals surface area contributed by atoms with Gasteiger partial charge in [-0.05, 0) is 67.0 Å². The first kappa shape index (κ1) is 15.2. The highest BCUT2D eigenvalue weighted by Crippen LogP contribution is 2.22. The molecule has 20 heavy (non-hydrogen) atoms. The fourth-order valence-corrected chi connectivity index (χ4v) is 3.10. The van der Waals surface area contributed by atoms with Crippen LogP contribution in [0.3, 0.4) is 0 Å². The zero-order valence-corrected chi connectivity index (χ0v) is 13.6. The lowest BCUT2D eigenvalue weighted by Crippen LogP contribution is -2.12. The van der Waals surface area contributed by atoms with Gasteiger partial charge in [0.15, 0.2) is 0 Å². The first-order chi connectivity index (χ1) is 9.60. The van der Waals surface area contributed by atoms with Gasteiger partial charge < -0.3 is 0 Å². The topological polar surface area (TPSA) is 0 Å². The Hall–Kier alpha value is -1.15. The van der Waals surface area contributed by atoms with Crippen molar-refractivity contribution in [3.63, 3.8) is 0 Å². The number of hydrogen-bond acceptors (Lipinski definition) is 0. The van der Waals surface area contributed by atoms with Crippen LogP contribution in [0.5, 0.6) is 0 Å². The fraction of sp³-hybridized carbons (Fsp3) is 0.333. The average molecular weight is 335 g/mol. The molecule has 0 N–H and O–H groups in total. The maximum Gasteiger partial charge on any atom is 0.123 e. The highest BCUT2D eigenvalue weighted by atomic mass is 79.9. The molecule has 2 heteroatoms. The quantitative estimate of drug-likeness (QED) is 0.656. The van der Waals surface area contributed by atoms with Crippen LogP contribution < -0.4 is 0 Å². The molecule has 0 heterocycles. The molecule has 1 atom stereocenters. The van der Waals surface area contributed by atoms with E-state index in [1.807, 2.05) is 6.07 Å². The lowest BCUT2D eigenvalue weighted by molar-refractivity contribution is 0.580. The van der Waals surface area contributed by atoms with Crippen molar-refractivity contribution in [1.82, 2.24) is 0 Å². The van der Waals surface area contributed by atoms with Crippen LogP contribution in [0.4, 0.5) is 4.39 Å². The molecule has 2 aromatic carbocycles. The minimum Gasteiger partial charge on any atom is -0.207 e. The van der Waals surface area contributed by atoms with E-state index in [-0.39, 0.29) is 5.82 Å². The maximum atomic E-state index is 13.3. The molecule has 2 aromatic rings. The van der Waals surface area contributed by atoms with Gasteiger partial charge in [-0.3, -0.25) is 0 Å². The minimum atomic E-state index is -0.150. The molecule has 0 saturated heterocycles. The molecule has 0 amide bonds. The third-order valence-electron chi connectivity index (χ3n) is 3.77. The standard InChI is InChI=1S/C18H20BrF/c1-13-5-3-6-14(2)18(13)11-16(12-19)9-15-7-4-8-17(20)10-15/h3-8,10,16H,9,11-12H2,1-2H3. The zero-order chi connectivity index (χ0) is 14.5. The van der Waals surface area contributed by atoms with E-state index < -0.39 is 0 Å². The maximum absolute atomic E-state index is 13.3. The number of aryl methyl sites for hydroxylation is 2. The van der Waals surface area contributed by atoms with Gasteiger partial charge in [-0.2, -0.15) is 0 Å². The molecule has 0 fully saturated rings. The van der Waals surface area contributed by atoms with E-state index in [0.29, 0.717) is 5.92 Å². The Morgan fingerprint density at radius 2 is 1.65 bits per heavy atom. The molecule has 0 nitrogen and oxygen atoms in total. The Bertz CT molecular complexity index is 557. The predicted molar refractivity (Wildman–Crippen MR) is 87.0 cm³/mol. The van der Waals surface area contributed by atoms with E-state index in [0.717, 1.165) is 23.7 Å². The summed E-state index contributed by atoms with van der Waals surface area (Å²) in [6.45, 7) is 4.33. The molecule has 0 spiro atoms. The van der Waals surface area contributed by atoms with Crippen molar-refractivity contribution >= 4 is 15.9 Å². The van der Waals surface area contributed by atoms with Crippen LogP contribution in [0.15, 0.2) is 42.5 Å². The van der Waals surface area contributed by atoms with Crippen LogP contribution in [0, 0.1) is 25.6 Å². The van der Waals surface area contributed by atoms with Crippen LogP contribution in [0.2, 0.25) is 0 Å². The van der Waals surface area contributed by atoms with Crippen LogP contribution in [0.1, 0.15) is 22.3 Å². The molecular formula is C18H20BrF. The summed E-state index contributed by atoms with van der Waals surface area (Å²) in [5.74, 6) is 0.333. The van der Waals surface area contributed by atoms with E-state index in [1.165, 1.54) is 22.8 Å². The summed E-state index contributed by atoms with van der Waals surface area (Å²) in [6, 6.07) is 13.4. The SMILES string of the molecule is Cc1cccc(C)c1CC(CBr)Cc1cccc(F)c1. The third-order valence-corrected chi connectivity index (χ3v) is 4.68. The second-order valence-corrected chi connectivity index (χ2v) is 6.08. The summed E-state index contributed by atoms with van der Waals surface area (Å²) in [5.41, 5.74) is 5.18. The van der Waals surface area contributed by atoms with Gasteiger partial charge in [-0.1, -0.05) is 46.3 Å². The van der Waals surface area contributed by atoms with Crippen LogP contribution in [0.25, 0.3) is 0 Å². The second-order valence-electron chi connectivity index (χ2n) is 5.43. The van der Waals surface area contributed by atoms with E-state index in [1.54, 1.807) is 12.1 Å². The normalized spacial score (nSPS) is 12.4. The molecule has 0 aromatic heterocycles. The van der Waals surface area contributed by atoms with Crippen molar-refractivity contribution in [2.45, 2.75) is 26.7 Å². The molecule has 2 rings (SSSR count). The Kier molecular flexibility index (Phi) is 5.36. The first-order valence-corrected chi connectivity index (χ1v) is 8.07. The van der Waals surface area contributed by atoms with E-state index in [2.05, 4.69) is 48.0 Å². The number of halogens is 2. The van der Waals surface area contributed by atoms with Gasteiger partial charge in [0.05, 0.1) is 0 Å². The Labute approximate surface area is 129 Å². The summed E-state index contributed by atoms with van der Waals surface area (Å²) in [6.07, 6.45) is 1.93. The second kappa shape index (κ2) is 7.03. The van der Waals surface area contributed by atoms with Gasteiger partial charge >= 0.3 is 0 Å². The van der Waals surface area contributed by atoms with Crippen molar-refractivity contribution in [2.24, 2.45) is 5.92 Å². The lowest BCUT2D eigenvalue weighted by atomic mass is 9.90. The largest absolute Gasteiger partial charge is 0.207 e. The molecule has 1 unspecified atom stereocenters. The molecule has 0 aliphatic rings. The van der Waals surface area contributed by atoms with Crippen molar-refractivity contribution in [1.29, 1.82) is 0 Å². The highest BCUT2D eigenvalue weighted by molar-refractivity contribution is 9.09. The van der Waals surface area contributed by atoms with Crippen LogP contribution >= 0.6 is 15.9 Å². The van der Waals surface area contributed by atoms with Crippen LogP contribution in [-0.2, 0) is 12.8 Å². The summed E-state index contributed by atoms with van der Waals surface area (Å²) >= 11 is 3.60. The monoisotopic (exact) mass is 334 g/mol. The number of hydrogen-bond donors (Lipinski definition) is 0. The smallest absolute Gasteiger partial charge is 0.123 e. The number of alkyl halides is 1. The zero-order valence-electron chi connectivity index (χ0n) is 12.0. The van der Waals surface area contributed by atoms with E-state index >= 15 is 0 Å². The van der Waals surface area contributed by atoms with Gasteiger partial charge in [0.2, 0.25) is 0 Å². The summed E-state index contributed by atoms with van der Waals surface area (Å²) < 4.78 is 13.3. The van der Waals surface area contributed by atoms with E-state index in [9.17, 15) is 4.39 Å². The lowest BCUT2D eigenvalue weighted by Gasteiger charge is -2.17. The Balaban J connectivity index is 2.13. The van der Waals surface area contributed by atoms with Crippen molar-refractivity contribution in [3.8, 4) is 0 Å². The number of rotatable bonds is 5. The summed E-state index contributed by atoms with van der Waals surface area (Å²) in [4.78, 5) is 0. The minimum absolute atomic E-state index is 0.150. The molecule has 0 aliphatic carbocycles. The van der Waals surface area contributed by atoms with Crippen molar-refractivity contribution in [3.05, 3.63) is 70.5 Å². The fourth-order valence-electron chi connectivity index (χ4n) is 2.64. The first-order valence-electron chi connectivity index (χ1n) is 6.95. The van der Waals surface area contributed by atoms with Gasteiger partial charge in [0.25, 0.3) is 0 Å². The van der Waals surface area contributed by atoms with Gasteiger partial charge in [0, 0.05) is 5.33 Å². The van der Waals surface area contributed by atoms with E-state index in [4.69, 9.17) is 0 Å². The highest BCUT2D eigenvalue weighted by Gasteiger charge is 2.13. The van der Waals surface area contributed by atoms with Crippen molar-refractivity contribution < 1.29 is 4.39 Å². The summed E-state index contributed by atoms with van der Waals surface area (Å²) in [5, 5.41) is 0.928. The summed E-state index contributed by atoms with van der Waals surface area (Å²) in [7, 11) is 0. The molecule has 0 aliphatic heterocycles. The van der Waals surface area contributed by atoms with Crippen molar-refractivity contribution in [2.75, 3.05) is 5.33 Å². The van der Waals surface area contributed by atoms with Gasteiger partial charge in [-0.25, -0.2) is 4.39 Å². The molecule has 0 bridgehead atoms. The molecule has 0 saturated carbocycles. The Morgan fingerprint density at radius 3 is 2.25 bits per heavy atom. The molecule has 0 radical (unpaired) electrons. The molecular weight excluding hydrogens is 315 g/mol. The average Bonchev–Trinajstić information content (AvgIpc) is 2.42. The van der Waals surface area contributed by atoms with Gasteiger partial charge in [0.1, 0.15) is 5.82 Å². The predicted octanol–water partition coefficient (Wildman–Crippen LogP) is 5.24. The number of benzene rings is 2. The molecule has 106 valence electrons. The van der Waals surface area contributed by atoms with Crippen LogP contribution in [-0.4, -0.2) is 5.33 Å². The third kappa shape index (κ3) is 3.92.